The number of halogens is 1. The van der Waals surface area contributed by atoms with Crippen LogP contribution in [0.3, 0.4) is 0 Å². The van der Waals surface area contributed by atoms with E-state index >= 15 is 0 Å². The van der Waals surface area contributed by atoms with Crippen molar-refractivity contribution >= 4 is 23.2 Å². The van der Waals surface area contributed by atoms with Crippen LogP contribution in [0.2, 0.25) is 5.02 Å². The zero-order chi connectivity index (χ0) is 13.8. The Morgan fingerprint density at radius 1 is 1.32 bits per heavy atom. The predicted molar refractivity (Wildman–Crippen MR) is 79.7 cm³/mol. The summed E-state index contributed by atoms with van der Waals surface area (Å²) in [5.41, 5.74) is 1.84. The lowest BCUT2D eigenvalue weighted by Crippen LogP contribution is -2.44. The van der Waals surface area contributed by atoms with Crippen molar-refractivity contribution in [2.24, 2.45) is 0 Å². The quantitative estimate of drug-likeness (QED) is 0.920. The van der Waals surface area contributed by atoms with Crippen molar-refractivity contribution in [2.45, 2.75) is 39.2 Å². The van der Waals surface area contributed by atoms with Crippen LogP contribution in [-0.4, -0.2) is 29.9 Å². The number of benzene rings is 1. The van der Waals surface area contributed by atoms with Gasteiger partial charge in [0.2, 0.25) is 5.91 Å². The third kappa shape index (κ3) is 3.71. The van der Waals surface area contributed by atoms with Gasteiger partial charge in [-0.15, -0.1) is 0 Å². The molecule has 1 atom stereocenters. The number of hydrogen-bond acceptors (Lipinski definition) is 2. The Labute approximate surface area is 119 Å². The van der Waals surface area contributed by atoms with Gasteiger partial charge in [0.05, 0.1) is 6.04 Å². The van der Waals surface area contributed by atoms with Gasteiger partial charge in [-0.3, -0.25) is 9.69 Å². The van der Waals surface area contributed by atoms with Crippen molar-refractivity contribution in [3.05, 3.63) is 28.8 Å². The van der Waals surface area contributed by atoms with Gasteiger partial charge in [-0.1, -0.05) is 24.1 Å². The molecule has 1 aromatic carbocycles. The summed E-state index contributed by atoms with van der Waals surface area (Å²) in [7, 11) is 0. The Bertz CT molecular complexity index is 455. The number of amides is 1. The van der Waals surface area contributed by atoms with E-state index < -0.39 is 0 Å². The highest BCUT2D eigenvalue weighted by Gasteiger charge is 2.23. The second-order valence-corrected chi connectivity index (χ2v) is 5.66. The first-order valence-electron chi connectivity index (χ1n) is 6.89. The maximum absolute atomic E-state index is 12.3. The van der Waals surface area contributed by atoms with E-state index in [4.69, 9.17) is 11.6 Å². The number of rotatable bonds is 3. The minimum atomic E-state index is -0.0846. The molecule has 1 amide bonds. The minimum absolute atomic E-state index is 0.0484. The Kier molecular flexibility index (Phi) is 4.83. The van der Waals surface area contributed by atoms with Crippen molar-refractivity contribution in [3.63, 3.8) is 0 Å². The molecule has 3 nitrogen and oxygen atoms in total. The third-order valence-electron chi connectivity index (χ3n) is 3.78. The van der Waals surface area contributed by atoms with E-state index in [0.29, 0.717) is 5.02 Å². The lowest BCUT2D eigenvalue weighted by Gasteiger charge is -2.31. The fourth-order valence-corrected chi connectivity index (χ4v) is 2.61. The van der Waals surface area contributed by atoms with Gasteiger partial charge in [-0.2, -0.15) is 0 Å². The second-order valence-electron chi connectivity index (χ2n) is 5.22. The summed E-state index contributed by atoms with van der Waals surface area (Å²) in [4.78, 5) is 14.5. The van der Waals surface area contributed by atoms with Crippen LogP contribution in [0.4, 0.5) is 5.69 Å². The van der Waals surface area contributed by atoms with Gasteiger partial charge in [0.1, 0.15) is 0 Å². The molecule has 0 unspecified atom stereocenters. The molecule has 1 aromatic rings. The fraction of sp³-hybridized carbons (Fsp3) is 0.533. The number of nitrogens with one attached hydrogen (secondary N) is 1. The number of anilines is 1. The molecule has 4 heteroatoms. The highest BCUT2D eigenvalue weighted by Crippen LogP contribution is 2.21. The topological polar surface area (TPSA) is 32.3 Å². The second kappa shape index (κ2) is 6.40. The van der Waals surface area contributed by atoms with E-state index in [0.717, 1.165) is 24.3 Å². The van der Waals surface area contributed by atoms with E-state index in [2.05, 4.69) is 10.2 Å². The molecule has 0 aromatic heterocycles. The van der Waals surface area contributed by atoms with Crippen LogP contribution < -0.4 is 5.32 Å². The van der Waals surface area contributed by atoms with Crippen LogP contribution in [0.15, 0.2) is 18.2 Å². The molecule has 1 aliphatic heterocycles. The minimum Gasteiger partial charge on any atom is -0.324 e. The van der Waals surface area contributed by atoms with Crippen molar-refractivity contribution in [1.82, 2.24) is 4.90 Å². The van der Waals surface area contributed by atoms with Crippen molar-refractivity contribution < 1.29 is 4.79 Å². The fourth-order valence-electron chi connectivity index (χ4n) is 2.44. The van der Waals surface area contributed by atoms with E-state index in [-0.39, 0.29) is 11.9 Å². The zero-order valence-corrected chi connectivity index (χ0v) is 12.3. The molecule has 1 aliphatic rings. The molecule has 1 fully saturated rings. The number of likely N-dealkylation sites (tertiary alicyclic amines) is 1. The third-order valence-corrected chi connectivity index (χ3v) is 4.01. The molecule has 104 valence electrons. The number of nitrogens with zero attached hydrogens (tertiary/aromatic N) is 1. The van der Waals surface area contributed by atoms with E-state index in [1.54, 1.807) is 6.07 Å². The Morgan fingerprint density at radius 2 is 2.00 bits per heavy atom. The highest BCUT2D eigenvalue weighted by molar-refractivity contribution is 6.31. The SMILES string of the molecule is Cc1ccc(Cl)cc1NC(=O)[C@H](C)N1CCCCC1. The molecule has 0 radical (unpaired) electrons. The summed E-state index contributed by atoms with van der Waals surface area (Å²) in [6.07, 6.45) is 3.65. The molecule has 1 saturated heterocycles. The molecule has 0 bridgehead atoms. The van der Waals surface area contributed by atoms with Crippen molar-refractivity contribution in [3.8, 4) is 0 Å². The van der Waals surface area contributed by atoms with Crippen LogP contribution in [0.5, 0.6) is 0 Å². The average Bonchev–Trinajstić information content (AvgIpc) is 2.43. The Morgan fingerprint density at radius 3 is 2.68 bits per heavy atom. The standard InChI is InChI=1S/C15H21ClN2O/c1-11-6-7-13(16)10-14(11)17-15(19)12(2)18-8-4-3-5-9-18/h6-7,10,12H,3-5,8-9H2,1-2H3,(H,17,19)/t12-/m0/s1. The van der Waals surface area contributed by atoms with Crippen molar-refractivity contribution in [2.75, 3.05) is 18.4 Å². The lowest BCUT2D eigenvalue weighted by molar-refractivity contribution is -0.121. The molecule has 1 N–H and O–H groups in total. The average molecular weight is 281 g/mol. The summed E-state index contributed by atoms with van der Waals surface area (Å²) in [6.45, 7) is 5.98. The first-order chi connectivity index (χ1) is 9.08. The molecule has 0 saturated carbocycles. The summed E-state index contributed by atoms with van der Waals surface area (Å²) in [5, 5.41) is 3.63. The maximum Gasteiger partial charge on any atom is 0.241 e. The van der Waals surface area contributed by atoms with Gasteiger partial charge in [0.15, 0.2) is 0 Å². The lowest BCUT2D eigenvalue weighted by atomic mass is 10.1. The molecule has 0 spiro atoms. The van der Waals surface area contributed by atoms with Crippen LogP contribution in [-0.2, 0) is 4.79 Å². The van der Waals surface area contributed by atoms with Crippen molar-refractivity contribution in [1.29, 1.82) is 0 Å². The number of aryl methyl sites for hydroxylation is 1. The number of piperidine rings is 1. The van der Waals surface area contributed by atoms with Gasteiger partial charge >= 0.3 is 0 Å². The smallest absolute Gasteiger partial charge is 0.241 e. The summed E-state index contributed by atoms with van der Waals surface area (Å²) < 4.78 is 0. The van der Waals surface area contributed by atoms with Gasteiger partial charge in [-0.05, 0) is 57.5 Å². The number of carbonyl (C=O) groups excluding carboxylic acids is 1. The monoisotopic (exact) mass is 280 g/mol. The van der Waals surface area contributed by atoms with Crippen LogP contribution in [0.25, 0.3) is 0 Å². The van der Waals surface area contributed by atoms with Gasteiger partial charge in [-0.25, -0.2) is 0 Å². The first-order valence-corrected chi connectivity index (χ1v) is 7.27. The van der Waals surface area contributed by atoms with Gasteiger partial charge in [0.25, 0.3) is 0 Å². The van der Waals surface area contributed by atoms with E-state index in [1.165, 1.54) is 19.3 Å². The Balaban J connectivity index is 2.01. The molecule has 2 rings (SSSR count). The van der Waals surface area contributed by atoms with Crippen LogP contribution in [0, 0.1) is 6.92 Å². The number of hydrogen-bond donors (Lipinski definition) is 1. The maximum atomic E-state index is 12.3. The summed E-state index contributed by atoms with van der Waals surface area (Å²) in [5.74, 6) is 0.0484. The number of carbonyl (C=O) groups is 1. The van der Waals surface area contributed by atoms with E-state index in [9.17, 15) is 4.79 Å². The molecule has 1 heterocycles. The van der Waals surface area contributed by atoms with Gasteiger partial charge < -0.3 is 5.32 Å². The normalized spacial score (nSPS) is 18.1. The van der Waals surface area contributed by atoms with E-state index in [1.807, 2.05) is 26.0 Å². The first kappa shape index (κ1) is 14.4. The Hall–Kier alpha value is -1.06. The molecular weight excluding hydrogens is 260 g/mol. The largest absolute Gasteiger partial charge is 0.324 e. The van der Waals surface area contributed by atoms with Gasteiger partial charge in [0, 0.05) is 10.7 Å². The molecule has 19 heavy (non-hydrogen) atoms. The van der Waals surface area contributed by atoms with Crippen LogP contribution in [0.1, 0.15) is 31.7 Å². The summed E-state index contributed by atoms with van der Waals surface area (Å²) in [6, 6.07) is 5.47. The zero-order valence-electron chi connectivity index (χ0n) is 11.6. The predicted octanol–water partition coefficient (Wildman–Crippen LogP) is 3.46. The van der Waals surface area contributed by atoms with Crippen LogP contribution >= 0.6 is 11.6 Å². The molecule has 0 aliphatic carbocycles. The molecular formula is C15H21ClN2O. The highest BCUT2D eigenvalue weighted by atomic mass is 35.5. The summed E-state index contributed by atoms with van der Waals surface area (Å²) >= 11 is 5.97.